The van der Waals surface area contributed by atoms with Gasteiger partial charge in [0.2, 0.25) is 0 Å². The van der Waals surface area contributed by atoms with Gasteiger partial charge in [-0.3, -0.25) is 4.99 Å². The van der Waals surface area contributed by atoms with Crippen molar-refractivity contribution in [1.29, 1.82) is 0 Å². The zero-order valence-electron chi connectivity index (χ0n) is 17.0. The topological polar surface area (TPSA) is 69.1 Å². The highest BCUT2D eigenvalue weighted by atomic mass is 127. The molecule has 0 saturated carbocycles. The molecular weight excluding hydrogens is 443 g/mol. The first-order chi connectivity index (χ1) is 12.2. The molecule has 1 fully saturated rings. The van der Waals surface area contributed by atoms with Gasteiger partial charge in [-0.15, -0.1) is 24.0 Å². The van der Waals surface area contributed by atoms with Crippen LogP contribution in [0.25, 0.3) is 0 Å². The van der Waals surface area contributed by atoms with Crippen LogP contribution < -0.4 is 10.6 Å². The van der Waals surface area contributed by atoms with Crippen LogP contribution in [0.2, 0.25) is 0 Å². The number of aliphatic imine (C=N–C) groups is 1. The molecule has 0 aromatic heterocycles. The fourth-order valence-corrected chi connectivity index (χ4v) is 3.38. The van der Waals surface area contributed by atoms with Gasteiger partial charge >= 0.3 is 0 Å². The molecule has 0 aromatic rings. The lowest BCUT2D eigenvalue weighted by Gasteiger charge is -2.33. The van der Waals surface area contributed by atoms with Crippen LogP contribution >= 0.6 is 24.0 Å². The van der Waals surface area contributed by atoms with Crippen LogP contribution in [0, 0.1) is 5.92 Å². The number of aliphatic hydroxyl groups is 1. The summed E-state index contributed by atoms with van der Waals surface area (Å²) in [7, 11) is 1.77. The lowest BCUT2D eigenvalue weighted by Crippen LogP contribution is -2.49. The summed E-state index contributed by atoms with van der Waals surface area (Å²) >= 11 is 0. The fourth-order valence-electron chi connectivity index (χ4n) is 3.38. The molecule has 0 aromatic carbocycles. The van der Waals surface area contributed by atoms with Gasteiger partial charge in [-0.05, 0) is 44.9 Å². The molecule has 7 heteroatoms. The highest BCUT2D eigenvalue weighted by Crippen LogP contribution is 2.12. The monoisotopic (exact) mass is 484 g/mol. The summed E-state index contributed by atoms with van der Waals surface area (Å²) < 4.78 is 5.14. The van der Waals surface area contributed by atoms with Crippen molar-refractivity contribution < 1.29 is 9.84 Å². The minimum absolute atomic E-state index is 0. The Morgan fingerprint density at radius 2 is 2.00 bits per heavy atom. The number of hydrogen-bond donors (Lipinski definition) is 3. The van der Waals surface area contributed by atoms with Gasteiger partial charge in [-0.2, -0.15) is 0 Å². The molecule has 0 amide bonds. The number of methoxy groups -OCH3 is 1. The summed E-state index contributed by atoms with van der Waals surface area (Å²) in [5, 5.41) is 16.2. The second kappa shape index (κ2) is 17.0. The van der Waals surface area contributed by atoms with Crippen molar-refractivity contribution in [2.24, 2.45) is 10.9 Å². The van der Waals surface area contributed by atoms with E-state index in [2.05, 4.69) is 29.4 Å². The van der Waals surface area contributed by atoms with Crippen molar-refractivity contribution in [2.45, 2.75) is 58.4 Å². The fraction of sp³-hybridized carbons (Fsp3) is 0.947. The number of ether oxygens (including phenoxy) is 1. The van der Waals surface area contributed by atoms with Crippen molar-refractivity contribution in [2.75, 3.05) is 53.0 Å². The molecule has 1 aliphatic rings. The Kier molecular flexibility index (Phi) is 16.9. The molecule has 0 spiro atoms. The van der Waals surface area contributed by atoms with Crippen LogP contribution in [0.5, 0.6) is 0 Å². The van der Waals surface area contributed by atoms with Crippen LogP contribution in [-0.2, 0) is 4.74 Å². The van der Waals surface area contributed by atoms with E-state index < -0.39 is 0 Å². The highest BCUT2D eigenvalue weighted by molar-refractivity contribution is 14.0. The van der Waals surface area contributed by atoms with Gasteiger partial charge in [0, 0.05) is 59.1 Å². The quantitative estimate of drug-likeness (QED) is 0.172. The third kappa shape index (κ3) is 11.6. The maximum absolute atomic E-state index is 9.20. The predicted octanol–water partition coefficient (Wildman–Crippen LogP) is 2.46. The first-order valence-electron chi connectivity index (χ1n) is 10.1. The molecule has 1 rings (SSSR count). The van der Waals surface area contributed by atoms with Crippen molar-refractivity contribution in [1.82, 2.24) is 15.5 Å². The SMILES string of the molecule is CCCC(CCO)CN=C(NCC)NC1CCN(CCCOC)CC1.I. The van der Waals surface area contributed by atoms with E-state index in [1.165, 1.54) is 0 Å². The standard InChI is InChI=1S/C19H40N4O2.HI/c1-4-7-17(10-14-24)16-21-19(20-5-2)22-18-8-12-23(13-9-18)11-6-15-25-3;/h17-18,24H,4-16H2,1-3H3,(H2,20,21,22);1H. The highest BCUT2D eigenvalue weighted by Gasteiger charge is 2.19. The van der Waals surface area contributed by atoms with Crippen LogP contribution in [0.3, 0.4) is 0 Å². The normalized spacial score (nSPS) is 17.6. The van der Waals surface area contributed by atoms with Crippen LogP contribution in [0.1, 0.15) is 52.4 Å². The number of halogens is 1. The molecule has 1 saturated heterocycles. The van der Waals surface area contributed by atoms with Gasteiger partial charge in [0.15, 0.2) is 5.96 Å². The van der Waals surface area contributed by atoms with Crippen molar-refractivity contribution >= 4 is 29.9 Å². The molecule has 1 unspecified atom stereocenters. The average Bonchev–Trinajstić information content (AvgIpc) is 2.62. The molecule has 1 aliphatic heterocycles. The minimum atomic E-state index is 0. The van der Waals surface area contributed by atoms with Gasteiger partial charge in [-0.1, -0.05) is 13.3 Å². The molecular formula is C19H41IN4O2. The van der Waals surface area contributed by atoms with Gasteiger partial charge in [0.1, 0.15) is 0 Å². The average molecular weight is 484 g/mol. The molecule has 6 nitrogen and oxygen atoms in total. The van der Waals surface area contributed by atoms with E-state index in [1.54, 1.807) is 7.11 Å². The van der Waals surface area contributed by atoms with Crippen LogP contribution in [-0.4, -0.2) is 75.1 Å². The van der Waals surface area contributed by atoms with E-state index in [-0.39, 0.29) is 30.6 Å². The second-order valence-electron chi connectivity index (χ2n) is 6.99. The summed E-state index contributed by atoms with van der Waals surface area (Å²) in [5.41, 5.74) is 0. The number of piperidine rings is 1. The van der Waals surface area contributed by atoms with Gasteiger partial charge in [-0.25, -0.2) is 0 Å². The summed E-state index contributed by atoms with van der Waals surface area (Å²) in [5.74, 6) is 1.41. The summed E-state index contributed by atoms with van der Waals surface area (Å²) in [6, 6.07) is 0.499. The Morgan fingerprint density at radius 3 is 2.58 bits per heavy atom. The Hall–Kier alpha value is -0.120. The summed E-state index contributed by atoms with van der Waals surface area (Å²) in [4.78, 5) is 7.31. The Balaban J connectivity index is 0.00000625. The van der Waals surface area contributed by atoms with E-state index >= 15 is 0 Å². The van der Waals surface area contributed by atoms with Crippen molar-refractivity contribution in [3.63, 3.8) is 0 Å². The summed E-state index contributed by atoms with van der Waals surface area (Å²) in [6.07, 6.45) is 6.55. The molecule has 26 heavy (non-hydrogen) atoms. The molecule has 0 aliphatic carbocycles. The van der Waals surface area contributed by atoms with Gasteiger partial charge in [0.25, 0.3) is 0 Å². The molecule has 0 bridgehead atoms. The van der Waals surface area contributed by atoms with Crippen molar-refractivity contribution in [3.8, 4) is 0 Å². The van der Waals surface area contributed by atoms with Crippen LogP contribution in [0.4, 0.5) is 0 Å². The lowest BCUT2D eigenvalue weighted by atomic mass is 10.0. The number of rotatable bonds is 12. The van der Waals surface area contributed by atoms with E-state index in [9.17, 15) is 5.11 Å². The number of nitrogens with zero attached hydrogens (tertiary/aromatic N) is 2. The first kappa shape index (κ1) is 25.9. The van der Waals surface area contributed by atoms with Gasteiger partial charge < -0.3 is 25.4 Å². The maximum Gasteiger partial charge on any atom is 0.191 e. The molecule has 0 radical (unpaired) electrons. The maximum atomic E-state index is 9.20. The number of guanidine groups is 1. The molecule has 1 heterocycles. The number of likely N-dealkylation sites (tertiary alicyclic amines) is 1. The number of hydrogen-bond acceptors (Lipinski definition) is 4. The third-order valence-electron chi connectivity index (χ3n) is 4.84. The molecule has 156 valence electrons. The Bertz CT molecular complexity index is 344. The predicted molar refractivity (Wildman–Crippen MR) is 121 cm³/mol. The lowest BCUT2D eigenvalue weighted by molar-refractivity contribution is 0.155. The smallest absolute Gasteiger partial charge is 0.191 e. The van der Waals surface area contributed by atoms with Crippen LogP contribution in [0.15, 0.2) is 4.99 Å². The zero-order chi connectivity index (χ0) is 18.3. The third-order valence-corrected chi connectivity index (χ3v) is 4.84. The van der Waals surface area contributed by atoms with E-state index in [0.717, 1.165) is 83.8 Å². The zero-order valence-corrected chi connectivity index (χ0v) is 19.3. The Labute approximate surface area is 177 Å². The largest absolute Gasteiger partial charge is 0.396 e. The number of aliphatic hydroxyl groups excluding tert-OH is 1. The van der Waals surface area contributed by atoms with E-state index in [0.29, 0.717) is 12.0 Å². The van der Waals surface area contributed by atoms with E-state index in [4.69, 9.17) is 9.73 Å². The molecule has 1 atom stereocenters. The second-order valence-corrected chi connectivity index (χ2v) is 6.99. The molecule has 3 N–H and O–H groups in total. The van der Waals surface area contributed by atoms with E-state index in [1.807, 2.05) is 0 Å². The van der Waals surface area contributed by atoms with Crippen molar-refractivity contribution in [3.05, 3.63) is 0 Å². The van der Waals surface area contributed by atoms with Gasteiger partial charge in [0.05, 0.1) is 0 Å². The summed E-state index contributed by atoms with van der Waals surface area (Å²) in [6.45, 7) is 10.5. The first-order valence-corrected chi connectivity index (χ1v) is 10.1. The number of nitrogens with one attached hydrogen (secondary N) is 2. The minimum Gasteiger partial charge on any atom is -0.396 e. The Morgan fingerprint density at radius 1 is 1.27 bits per heavy atom.